The smallest absolute Gasteiger partial charge is 0.143 e. The van der Waals surface area contributed by atoms with Crippen molar-refractivity contribution < 1.29 is 29.1 Å². The molecule has 8 aromatic carbocycles. The minimum absolute atomic E-state index is 0.0289. The van der Waals surface area contributed by atoms with Crippen molar-refractivity contribution in [3.63, 3.8) is 0 Å². The molecule has 9 rings (SSSR count). The number of furan rings is 1. The minimum Gasteiger partial charge on any atom is -0.455 e. The summed E-state index contributed by atoms with van der Waals surface area (Å²) >= 11 is 0. The van der Waals surface area contributed by atoms with Gasteiger partial charge in [0.1, 0.15) is 11.2 Å². The summed E-state index contributed by atoms with van der Waals surface area (Å²) in [6.07, 6.45) is 0. The first-order valence-corrected chi connectivity index (χ1v) is 14.2. The molecular formula is C44H29NO. The lowest BCUT2D eigenvalue weighted by atomic mass is 9.98. The van der Waals surface area contributed by atoms with Crippen LogP contribution >= 0.6 is 0 Å². The zero-order chi connectivity index (χ0) is 46.1. The predicted molar refractivity (Wildman–Crippen MR) is 194 cm³/mol. The molecule has 9 aromatic rings. The van der Waals surface area contributed by atoms with Gasteiger partial charge in [0.05, 0.1) is 30.4 Å². The largest absolute Gasteiger partial charge is 0.455 e. The van der Waals surface area contributed by atoms with Gasteiger partial charge in [-0.15, -0.1) is 0 Å². The topological polar surface area (TPSA) is 16.4 Å². The van der Waals surface area contributed by atoms with Crippen LogP contribution in [0.2, 0.25) is 0 Å². The standard InChI is InChI=1S/C44H29NO/c1-3-14-36-30(10-1)12-7-17-37(36)32-22-26-34(27-23-32)45(42-20-8-13-31-11-2-4-15-38(31)42)35-28-24-33(25-29-35)39-18-9-19-41-40-16-5-6-21-43(40)46-44(39)41/h1-29H/i1D,2D,3D,4D,7D,8D,10D,11D,12D,13D,14D,15D,17D,20D,22D,23D,26D,27D. The van der Waals surface area contributed by atoms with Crippen molar-refractivity contribution in [3.8, 4) is 22.3 Å². The molecule has 0 spiro atoms. The van der Waals surface area contributed by atoms with Crippen molar-refractivity contribution in [2.75, 3.05) is 4.90 Å². The highest BCUT2D eigenvalue weighted by atomic mass is 16.3. The Bertz CT molecular complexity index is 3500. The Morgan fingerprint density at radius 3 is 1.93 bits per heavy atom. The second kappa shape index (κ2) is 10.8. The maximum atomic E-state index is 9.53. The molecule has 0 atom stereocenters. The van der Waals surface area contributed by atoms with Crippen molar-refractivity contribution >= 4 is 60.5 Å². The van der Waals surface area contributed by atoms with Crippen LogP contribution in [0.1, 0.15) is 24.7 Å². The molecule has 216 valence electrons. The molecule has 0 aliphatic heterocycles. The zero-order valence-electron chi connectivity index (χ0n) is 41.7. The van der Waals surface area contributed by atoms with E-state index in [9.17, 15) is 6.85 Å². The molecule has 0 aliphatic carbocycles. The van der Waals surface area contributed by atoms with Crippen LogP contribution in [-0.4, -0.2) is 0 Å². The van der Waals surface area contributed by atoms with Crippen molar-refractivity contribution in [2.45, 2.75) is 0 Å². The Kier molecular flexibility index (Phi) is 3.26. The molecule has 0 aliphatic rings. The monoisotopic (exact) mass is 605 g/mol. The number of anilines is 3. The summed E-state index contributed by atoms with van der Waals surface area (Å²) in [5.74, 6) is 0. The van der Waals surface area contributed by atoms with Crippen LogP contribution in [0.3, 0.4) is 0 Å². The second-order valence-corrected chi connectivity index (χ2v) is 10.4. The molecule has 0 amide bonds. The summed E-state index contributed by atoms with van der Waals surface area (Å²) in [6.45, 7) is 0. The van der Waals surface area contributed by atoms with Gasteiger partial charge < -0.3 is 9.32 Å². The molecule has 1 heterocycles. The molecule has 46 heavy (non-hydrogen) atoms. The van der Waals surface area contributed by atoms with Crippen molar-refractivity contribution in [2.24, 2.45) is 0 Å². The fraction of sp³-hybridized carbons (Fsp3) is 0. The Balaban J connectivity index is 1.38. The number of para-hydroxylation sites is 2. The average Bonchev–Trinajstić information content (AvgIpc) is 3.68. The number of benzene rings is 8. The zero-order valence-corrected chi connectivity index (χ0v) is 23.7. The van der Waals surface area contributed by atoms with Gasteiger partial charge in [0.25, 0.3) is 0 Å². The van der Waals surface area contributed by atoms with E-state index in [1.54, 1.807) is 12.1 Å². The summed E-state index contributed by atoms with van der Waals surface area (Å²) in [7, 11) is 0. The van der Waals surface area contributed by atoms with Gasteiger partial charge >= 0.3 is 0 Å². The first kappa shape index (κ1) is 13.9. The van der Waals surface area contributed by atoms with E-state index in [1.807, 2.05) is 42.5 Å². The van der Waals surface area contributed by atoms with Crippen LogP contribution in [-0.2, 0) is 0 Å². The van der Waals surface area contributed by atoms with E-state index in [4.69, 9.17) is 22.2 Å². The van der Waals surface area contributed by atoms with Crippen molar-refractivity contribution in [1.82, 2.24) is 0 Å². The summed E-state index contributed by atoms with van der Waals surface area (Å²) in [6, 6.07) is 5.66. The van der Waals surface area contributed by atoms with Gasteiger partial charge in [-0.25, -0.2) is 0 Å². The van der Waals surface area contributed by atoms with Crippen LogP contribution in [0.15, 0.2) is 180 Å². The molecule has 0 bridgehead atoms. The van der Waals surface area contributed by atoms with Gasteiger partial charge in [-0.2, -0.15) is 0 Å². The van der Waals surface area contributed by atoms with E-state index in [0.717, 1.165) is 15.7 Å². The van der Waals surface area contributed by atoms with E-state index in [0.29, 0.717) is 22.3 Å². The number of hydrogen-bond acceptors (Lipinski definition) is 2. The molecule has 2 heteroatoms. The third-order valence-electron chi connectivity index (χ3n) is 7.76. The van der Waals surface area contributed by atoms with Gasteiger partial charge in [-0.05, 0) is 69.2 Å². The fourth-order valence-electron chi connectivity index (χ4n) is 5.64. The maximum absolute atomic E-state index is 9.53. The number of nitrogens with zero attached hydrogens (tertiary/aromatic N) is 1. The van der Waals surface area contributed by atoms with E-state index < -0.39 is 153 Å². The molecule has 0 saturated carbocycles. The summed E-state index contributed by atoms with van der Waals surface area (Å²) in [4.78, 5) is 1.05. The van der Waals surface area contributed by atoms with E-state index >= 15 is 0 Å². The van der Waals surface area contributed by atoms with Crippen LogP contribution < -0.4 is 4.90 Å². The van der Waals surface area contributed by atoms with Gasteiger partial charge in [0.2, 0.25) is 0 Å². The van der Waals surface area contributed by atoms with Gasteiger partial charge in [0.15, 0.2) is 0 Å². The quantitative estimate of drug-likeness (QED) is 0.194. The number of rotatable bonds is 5. The van der Waals surface area contributed by atoms with Crippen LogP contribution in [0.25, 0.3) is 65.7 Å². The normalized spacial score (nSPS) is 17.0. The third-order valence-corrected chi connectivity index (χ3v) is 7.76. The molecule has 0 N–H and O–H groups in total. The highest BCUT2D eigenvalue weighted by Crippen LogP contribution is 2.42. The molecule has 1 aromatic heterocycles. The van der Waals surface area contributed by atoms with E-state index in [1.165, 1.54) is 12.1 Å². The molecule has 2 nitrogen and oxygen atoms in total. The lowest BCUT2D eigenvalue weighted by molar-refractivity contribution is 0.670. The second-order valence-electron chi connectivity index (χ2n) is 10.4. The van der Waals surface area contributed by atoms with Gasteiger partial charge in [0, 0.05) is 33.1 Å². The fourth-order valence-corrected chi connectivity index (χ4v) is 5.64. The lowest BCUT2D eigenvalue weighted by Gasteiger charge is -2.27. The molecule has 0 saturated heterocycles. The Labute approximate surface area is 292 Å². The van der Waals surface area contributed by atoms with Crippen LogP contribution in [0.5, 0.6) is 0 Å². The summed E-state index contributed by atoms with van der Waals surface area (Å²) in [5.41, 5.74) is 0.290. The lowest BCUT2D eigenvalue weighted by Crippen LogP contribution is -2.10. The van der Waals surface area contributed by atoms with Crippen LogP contribution in [0.4, 0.5) is 17.1 Å². The highest BCUT2D eigenvalue weighted by molar-refractivity contribution is 6.09. The van der Waals surface area contributed by atoms with Gasteiger partial charge in [-0.1, -0.05) is 139 Å². The Morgan fingerprint density at radius 1 is 0.435 bits per heavy atom. The maximum Gasteiger partial charge on any atom is 0.143 e. The highest BCUT2D eigenvalue weighted by Gasteiger charge is 2.17. The number of hydrogen-bond donors (Lipinski definition) is 0. The molecule has 0 fully saturated rings. The Hall–Kier alpha value is -6.12. The Morgan fingerprint density at radius 2 is 1.11 bits per heavy atom. The van der Waals surface area contributed by atoms with Crippen molar-refractivity contribution in [1.29, 1.82) is 0 Å². The van der Waals surface area contributed by atoms with E-state index in [-0.39, 0.29) is 5.69 Å². The SMILES string of the molecule is [2H]c1c([2H])c(N(c2ccc(-c3cccc4c3oc3ccccc34)cc2)c2c([2H])c([2H])c([2H])c3c([2H])c([2H])c([2H])c([2H])c23)c([2H])c([2H])c1-c1c([2H])c([2H])c([2H])c2c([2H])c([2H])c([2H])c([2H])c12. The van der Waals surface area contributed by atoms with E-state index in [2.05, 4.69) is 0 Å². The molecular weight excluding hydrogens is 558 g/mol. The third kappa shape index (κ3) is 4.35. The van der Waals surface area contributed by atoms with Crippen LogP contribution in [0, 0.1) is 0 Å². The first-order valence-electron chi connectivity index (χ1n) is 23.2. The summed E-state index contributed by atoms with van der Waals surface area (Å²) < 4.78 is 166. The average molecular weight is 606 g/mol. The first-order chi connectivity index (χ1) is 30.3. The van der Waals surface area contributed by atoms with Gasteiger partial charge in [-0.3, -0.25) is 0 Å². The molecule has 0 radical (unpaired) electrons. The minimum atomic E-state index is -0.866. The molecule has 0 unspecified atom stereocenters. The number of fused-ring (bicyclic) bond motifs is 5. The predicted octanol–water partition coefficient (Wildman–Crippen LogP) is 12.7. The van der Waals surface area contributed by atoms with Crippen molar-refractivity contribution in [3.05, 3.63) is 175 Å². The summed E-state index contributed by atoms with van der Waals surface area (Å²) in [5, 5.41) is -0.0783.